The molecule has 1 aromatic heterocycles. The third kappa shape index (κ3) is 3.99. The number of hydrogen-bond donors (Lipinski definition) is 1. The maximum Gasteiger partial charge on any atom is 0.325 e. The Bertz CT molecular complexity index is 1170. The molecule has 4 rings (SSSR count). The highest BCUT2D eigenvalue weighted by Crippen LogP contribution is 2.29. The van der Waals surface area contributed by atoms with Crippen molar-refractivity contribution in [2.45, 2.75) is 19.0 Å². The van der Waals surface area contributed by atoms with E-state index in [9.17, 15) is 23.2 Å². The third-order valence-corrected chi connectivity index (χ3v) is 6.18. The van der Waals surface area contributed by atoms with Gasteiger partial charge in [0, 0.05) is 10.9 Å². The van der Waals surface area contributed by atoms with Crippen molar-refractivity contribution in [1.29, 1.82) is 0 Å². The van der Waals surface area contributed by atoms with Crippen molar-refractivity contribution in [3.8, 4) is 0 Å². The van der Waals surface area contributed by atoms with Crippen LogP contribution in [-0.2, 0) is 21.7 Å². The Hall–Kier alpha value is -3.59. The monoisotopic (exact) mass is 455 g/mol. The van der Waals surface area contributed by atoms with Crippen LogP contribution >= 0.6 is 11.3 Å². The summed E-state index contributed by atoms with van der Waals surface area (Å²) in [5, 5.41) is 4.45. The van der Waals surface area contributed by atoms with Gasteiger partial charge in [-0.3, -0.25) is 14.5 Å². The van der Waals surface area contributed by atoms with Gasteiger partial charge in [-0.25, -0.2) is 13.6 Å². The average molecular weight is 455 g/mol. The lowest BCUT2D eigenvalue weighted by atomic mass is 9.92. The number of rotatable bonds is 6. The van der Waals surface area contributed by atoms with E-state index in [0.717, 1.165) is 26.8 Å². The number of benzene rings is 2. The SMILES string of the molecule is CC1(c2ccccc2)NC(=O)N(CC(=O)N(Cc2cccs2)c2ccc(F)cc2F)C1=O. The third-order valence-electron chi connectivity index (χ3n) is 5.32. The summed E-state index contributed by atoms with van der Waals surface area (Å²) < 4.78 is 27.9. The quantitative estimate of drug-likeness (QED) is 0.571. The van der Waals surface area contributed by atoms with E-state index in [4.69, 9.17) is 0 Å². The zero-order chi connectivity index (χ0) is 22.9. The second kappa shape index (κ2) is 8.51. The highest BCUT2D eigenvalue weighted by atomic mass is 32.1. The van der Waals surface area contributed by atoms with Crippen molar-refractivity contribution in [3.63, 3.8) is 0 Å². The lowest BCUT2D eigenvalue weighted by Crippen LogP contribution is -2.44. The molecule has 0 spiro atoms. The van der Waals surface area contributed by atoms with Crippen LogP contribution in [0.25, 0.3) is 0 Å². The van der Waals surface area contributed by atoms with Crippen LogP contribution in [0.4, 0.5) is 19.3 Å². The molecule has 32 heavy (non-hydrogen) atoms. The summed E-state index contributed by atoms with van der Waals surface area (Å²) in [6, 6.07) is 14.4. The van der Waals surface area contributed by atoms with Crippen molar-refractivity contribution < 1.29 is 23.2 Å². The van der Waals surface area contributed by atoms with Crippen LogP contribution in [0.1, 0.15) is 17.4 Å². The molecule has 1 aliphatic heterocycles. The molecule has 2 heterocycles. The number of imide groups is 1. The van der Waals surface area contributed by atoms with Gasteiger partial charge in [0.05, 0.1) is 12.2 Å². The fourth-order valence-corrected chi connectivity index (χ4v) is 4.29. The number of nitrogens with one attached hydrogen (secondary N) is 1. The Balaban J connectivity index is 1.62. The zero-order valence-corrected chi connectivity index (χ0v) is 17.9. The van der Waals surface area contributed by atoms with Gasteiger partial charge >= 0.3 is 6.03 Å². The van der Waals surface area contributed by atoms with Crippen LogP contribution in [0.5, 0.6) is 0 Å². The predicted molar refractivity (Wildman–Crippen MR) is 116 cm³/mol. The molecule has 4 amide bonds. The number of halogens is 2. The second-order valence-electron chi connectivity index (χ2n) is 7.47. The second-order valence-corrected chi connectivity index (χ2v) is 8.50. The molecule has 1 N–H and O–H groups in total. The van der Waals surface area contributed by atoms with Crippen molar-refractivity contribution >= 4 is 34.9 Å². The van der Waals surface area contributed by atoms with Crippen LogP contribution in [0, 0.1) is 11.6 Å². The first-order valence-electron chi connectivity index (χ1n) is 9.77. The fourth-order valence-electron chi connectivity index (χ4n) is 3.59. The summed E-state index contributed by atoms with van der Waals surface area (Å²) in [6.07, 6.45) is 0. The summed E-state index contributed by atoms with van der Waals surface area (Å²) >= 11 is 1.36. The van der Waals surface area contributed by atoms with Gasteiger partial charge in [0.2, 0.25) is 5.91 Å². The van der Waals surface area contributed by atoms with Gasteiger partial charge in [0.25, 0.3) is 5.91 Å². The average Bonchev–Trinajstić information content (AvgIpc) is 3.36. The number of hydrogen-bond acceptors (Lipinski definition) is 4. The highest BCUT2D eigenvalue weighted by Gasteiger charge is 2.49. The lowest BCUT2D eigenvalue weighted by molar-refractivity contribution is -0.134. The molecule has 0 saturated carbocycles. The van der Waals surface area contributed by atoms with Gasteiger partial charge in [-0.15, -0.1) is 11.3 Å². The van der Waals surface area contributed by atoms with E-state index in [1.54, 1.807) is 49.4 Å². The van der Waals surface area contributed by atoms with Gasteiger partial charge in [-0.05, 0) is 36.1 Å². The van der Waals surface area contributed by atoms with E-state index < -0.39 is 41.6 Å². The molecule has 3 aromatic rings. The number of urea groups is 1. The minimum absolute atomic E-state index is 0.0126. The maximum absolute atomic E-state index is 14.5. The van der Waals surface area contributed by atoms with E-state index in [1.807, 2.05) is 5.38 Å². The van der Waals surface area contributed by atoms with Crippen LogP contribution in [0.2, 0.25) is 0 Å². The normalized spacial score (nSPS) is 18.0. The number of nitrogens with zero attached hydrogens (tertiary/aromatic N) is 2. The molecular formula is C23H19F2N3O3S. The van der Waals surface area contributed by atoms with Gasteiger partial charge in [-0.1, -0.05) is 36.4 Å². The molecular weight excluding hydrogens is 436 g/mol. The number of carbonyl (C=O) groups excluding carboxylic acids is 3. The number of carbonyl (C=O) groups is 3. The molecule has 1 atom stereocenters. The van der Waals surface area contributed by atoms with Crippen LogP contribution < -0.4 is 10.2 Å². The van der Waals surface area contributed by atoms with Crippen molar-refractivity contribution in [2.75, 3.05) is 11.4 Å². The molecule has 164 valence electrons. The molecule has 0 radical (unpaired) electrons. The van der Waals surface area contributed by atoms with Gasteiger partial charge in [0.15, 0.2) is 0 Å². The summed E-state index contributed by atoms with van der Waals surface area (Å²) in [7, 11) is 0. The number of anilines is 1. The first-order chi connectivity index (χ1) is 15.3. The molecule has 0 aliphatic carbocycles. The molecule has 9 heteroatoms. The Labute approximate surface area is 187 Å². The largest absolute Gasteiger partial charge is 0.325 e. The Kier molecular flexibility index (Phi) is 5.75. The summed E-state index contributed by atoms with van der Waals surface area (Å²) in [5.41, 5.74) is -0.880. The van der Waals surface area contributed by atoms with Gasteiger partial charge in [-0.2, -0.15) is 0 Å². The Morgan fingerprint density at radius 3 is 2.50 bits per heavy atom. The van der Waals surface area contributed by atoms with Crippen molar-refractivity contribution in [1.82, 2.24) is 10.2 Å². The number of thiophene rings is 1. The molecule has 1 fully saturated rings. The van der Waals surface area contributed by atoms with Crippen molar-refractivity contribution in [3.05, 3.63) is 88.1 Å². The van der Waals surface area contributed by atoms with E-state index in [1.165, 1.54) is 11.3 Å². The highest BCUT2D eigenvalue weighted by molar-refractivity contribution is 7.09. The molecule has 1 aliphatic rings. The van der Waals surface area contributed by atoms with Crippen LogP contribution in [0.3, 0.4) is 0 Å². The molecule has 1 saturated heterocycles. The molecule has 0 bridgehead atoms. The van der Waals surface area contributed by atoms with Gasteiger partial charge in [0.1, 0.15) is 23.7 Å². The maximum atomic E-state index is 14.5. The summed E-state index contributed by atoms with van der Waals surface area (Å²) in [5.74, 6) is -2.95. The van der Waals surface area contributed by atoms with E-state index in [-0.39, 0.29) is 12.2 Å². The standard InChI is InChI=1S/C23H19F2N3O3S/c1-23(15-6-3-2-4-7-15)21(30)28(22(31)26-23)14-20(29)27(13-17-8-5-11-32-17)19-10-9-16(24)12-18(19)25/h2-12H,13-14H2,1H3,(H,26,31). The van der Waals surface area contributed by atoms with Crippen molar-refractivity contribution in [2.24, 2.45) is 0 Å². The predicted octanol–water partition coefficient (Wildman–Crippen LogP) is 4.03. The minimum Gasteiger partial charge on any atom is -0.319 e. The van der Waals surface area contributed by atoms with Gasteiger partial charge < -0.3 is 10.2 Å². The first kappa shape index (κ1) is 21.6. The smallest absolute Gasteiger partial charge is 0.319 e. The van der Waals surface area contributed by atoms with E-state index >= 15 is 0 Å². The zero-order valence-electron chi connectivity index (χ0n) is 17.0. The Morgan fingerprint density at radius 2 is 1.84 bits per heavy atom. The number of amides is 4. The molecule has 1 unspecified atom stereocenters. The summed E-state index contributed by atoms with van der Waals surface area (Å²) in [6.45, 7) is 0.990. The van der Waals surface area contributed by atoms with Crippen LogP contribution in [-0.4, -0.2) is 29.3 Å². The van der Waals surface area contributed by atoms with E-state index in [0.29, 0.717) is 11.6 Å². The summed E-state index contributed by atoms with van der Waals surface area (Å²) in [4.78, 5) is 41.6. The lowest BCUT2D eigenvalue weighted by Gasteiger charge is -2.25. The molecule has 2 aromatic carbocycles. The Morgan fingerprint density at radius 1 is 1.09 bits per heavy atom. The van der Waals surface area contributed by atoms with Crippen LogP contribution in [0.15, 0.2) is 66.0 Å². The minimum atomic E-state index is -1.32. The fraction of sp³-hybridized carbons (Fsp3) is 0.174. The molecule has 6 nitrogen and oxygen atoms in total. The van der Waals surface area contributed by atoms with E-state index in [2.05, 4.69) is 5.32 Å². The first-order valence-corrected chi connectivity index (χ1v) is 10.6. The topological polar surface area (TPSA) is 69.7 Å².